The molecule has 0 saturated heterocycles. The summed E-state index contributed by atoms with van der Waals surface area (Å²) < 4.78 is 13.3. The molecule has 2 N–H and O–H groups in total. The van der Waals surface area contributed by atoms with Gasteiger partial charge in [0.15, 0.2) is 0 Å². The summed E-state index contributed by atoms with van der Waals surface area (Å²) in [6, 6.07) is 3.27. The van der Waals surface area contributed by atoms with Gasteiger partial charge in [0.1, 0.15) is 5.82 Å². The Labute approximate surface area is 102 Å². The van der Waals surface area contributed by atoms with Crippen molar-refractivity contribution in [2.45, 2.75) is 33.1 Å². The molecule has 0 bridgehead atoms. The molecule has 1 unspecified atom stereocenters. The summed E-state index contributed by atoms with van der Waals surface area (Å²) in [4.78, 5) is 0. The van der Waals surface area contributed by atoms with Crippen molar-refractivity contribution in [2.75, 3.05) is 6.54 Å². The standard InChI is InChI=1S/C13H19ClFN/c1-8(2)10(6-7-16)11-4-5-12(15)13(14)9(11)3/h4-5,8,10H,6-7,16H2,1-3H3. The maximum atomic E-state index is 13.3. The lowest BCUT2D eigenvalue weighted by atomic mass is 9.83. The molecule has 0 amide bonds. The summed E-state index contributed by atoms with van der Waals surface area (Å²) in [7, 11) is 0. The van der Waals surface area contributed by atoms with Crippen molar-refractivity contribution in [3.05, 3.63) is 34.1 Å². The van der Waals surface area contributed by atoms with Gasteiger partial charge in [0.25, 0.3) is 0 Å². The molecule has 16 heavy (non-hydrogen) atoms. The van der Waals surface area contributed by atoms with E-state index in [0.29, 0.717) is 18.4 Å². The zero-order chi connectivity index (χ0) is 12.3. The average Bonchev–Trinajstić information content (AvgIpc) is 2.24. The predicted molar refractivity (Wildman–Crippen MR) is 67.4 cm³/mol. The van der Waals surface area contributed by atoms with E-state index in [2.05, 4.69) is 13.8 Å². The second kappa shape index (κ2) is 5.65. The fraction of sp³-hybridized carbons (Fsp3) is 0.538. The van der Waals surface area contributed by atoms with Crippen LogP contribution in [0.4, 0.5) is 4.39 Å². The highest BCUT2D eigenvalue weighted by Gasteiger charge is 2.19. The van der Waals surface area contributed by atoms with Crippen molar-refractivity contribution in [2.24, 2.45) is 11.7 Å². The fourth-order valence-electron chi connectivity index (χ4n) is 2.10. The van der Waals surface area contributed by atoms with Crippen LogP contribution in [0, 0.1) is 18.7 Å². The van der Waals surface area contributed by atoms with Gasteiger partial charge in [-0.25, -0.2) is 4.39 Å². The van der Waals surface area contributed by atoms with Gasteiger partial charge in [-0.15, -0.1) is 0 Å². The Balaban J connectivity index is 3.15. The molecule has 1 aromatic rings. The van der Waals surface area contributed by atoms with Crippen LogP contribution in [0.2, 0.25) is 5.02 Å². The van der Waals surface area contributed by atoms with E-state index in [1.165, 1.54) is 6.07 Å². The third-order valence-corrected chi connectivity index (χ3v) is 3.53. The van der Waals surface area contributed by atoms with Crippen molar-refractivity contribution in [1.29, 1.82) is 0 Å². The molecule has 0 saturated carbocycles. The van der Waals surface area contributed by atoms with E-state index in [0.717, 1.165) is 17.5 Å². The van der Waals surface area contributed by atoms with Gasteiger partial charge in [-0.1, -0.05) is 31.5 Å². The third kappa shape index (κ3) is 2.74. The monoisotopic (exact) mass is 243 g/mol. The largest absolute Gasteiger partial charge is 0.330 e. The fourth-order valence-corrected chi connectivity index (χ4v) is 2.27. The maximum Gasteiger partial charge on any atom is 0.142 e. The molecule has 1 aromatic carbocycles. The van der Waals surface area contributed by atoms with Crippen LogP contribution in [-0.2, 0) is 0 Å². The van der Waals surface area contributed by atoms with Crippen LogP contribution in [0.3, 0.4) is 0 Å². The summed E-state index contributed by atoms with van der Waals surface area (Å²) in [5.74, 6) is 0.477. The molecule has 0 aliphatic heterocycles. The van der Waals surface area contributed by atoms with Crippen LogP contribution in [0.25, 0.3) is 0 Å². The molecular formula is C13H19ClFN. The van der Waals surface area contributed by atoms with Crippen LogP contribution < -0.4 is 5.73 Å². The van der Waals surface area contributed by atoms with Crippen molar-refractivity contribution < 1.29 is 4.39 Å². The summed E-state index contributed by atoms with van der Waals surface area (Å²) >= 11 is 5.93. The predicted octanol–water partition coefficient (Wildman–Crippen LogP) is 3.88. The average molecular weight is 244 g/mol. The van der Waals surface area contributed by atoms with E-state index in [-0.39, 0.29) is 10.8 Å². The summed E-state index contributed by atoms with van der Waals surface area (Å²) in [5.41, 5.74) is 7.57. The number of benzene rings is 1. The lowest BCUT2D eigenvalue weighted by Gasteiger charge is -2.23. The van der Waals surface area contributed by atoms with Crippen LogP contribution in [0.1, 0.15) is 37.3 Å². The van der Waals surface area contributed by atoms with E-state index in [9.17, 15) is 4.39 Å². The first-order valence-electron chi connectivity index (χ1n) is 5.63. The van der Waals surface area contributed by atoms with E-state index in [4.69, 9.17) is 17.3 Å². The van der Waals surface area contributed by atoms with Gasteiger partial charge < -0.3 is 5.73 Å². The topological polar surface area (TPSA) is 26.0 Å². The Morgan fingerprint density at radius 3 is 2.50 bits per heavy atom. The summed E-state index contributed by atoms with van der Waals surface area (Å²) in [6.07, 6.45) is 0.903. The Kier molecular flexibility index (Phi) is 4.75. The summed E-state index contributed by atoms with van der Waals surface area (Å²) in [5, 5.41) is 0.236. The van der Waals surface area contributed by atoms with Crippen molar-refractivity contribution in [1.82, 2.24) is 0 Å². The van der Waals surface area contributed by atoms with Crippen molar-refractivity contribution in [3.8, 4) is 0 Å². The molecule has 90 valence electrons. The molecule has 0 spiro atoms. The SMILES string of the molecule is Cc1c(C(CCN)C(C)C)ccc(F)c1Cl. The molecule has 1 atom stereocenters. The van der Waals surface area contributed by atoms with E-state index >= 15 is 0 Å². The van der Waals surface area contributed by atoms with E-state index in [1.807, 2.05) is 13.0 Å². The molecule has 0 heterocycles. The Bertz CT molecular complexity index is 363. The highest BCUT2D eigenvalue weighted by molar-refractivity contribution is 6.31. The first-order chi connectivity index (χ1) is 7.49. The second-order valence-corrected chi connectivity index (χ2v) is 4.88. The normalized spacial score (nSPS) is 13.2. The first kappa shape index (κ1) is 13.5. The molecule has 0 radical (unpaired) electrons. The van der Waals surface area contributed by atoms with Gasteiger partial charge in [-0.3, -0.25) is 0 Å². The highest BCUT2D eigenvalue weighted by atomic mass is 35.5. The number of hydrogen-bond acceptors (Lipinski definition) is 1. The van der Waals surface area contributed by atoms with Crippen molar-refractivity contribution >= 4 is 11.6 Å². The Morgan fingerprint density at radius 2 is 2.00 bits per heavy atom. The van der Waals surface area contributed by atoms with Crippen molar-refractivity contribution in [3.63, 3.8) is 0 Å². The smallest absolute Gasteiger partial charge is 0.142 e. The molecule has 0 fully saturated rings. The van der Waals surface area contributed by atoms with E-state index in [1.54, 1.807) is 0 Å². The van der Waals surface area contributed by atoms with Crippen LogP contribution in [0.15, 0.2) is 12.1 Å². The minimum atomic E-state index is -0.349. The van der Waals surface area contributed by atoms with Crippen LogP contribution in [0.5, 0.6) is 0 Å². The van der Waals surface area contributed by atoms with Crippen LogP contribution >= 0.6 is 11.6 Å². The molecule has 1 nitrogen and oxygen atoms in total. The molecular weight excluding hydrogens is 225 g/mol. The number of halogens is 2. The number of hydrogen-bond donors (Lipinski definition) is 1. The molecule has 1 rings (SSSR count). The summed E-state index contributed by atoms with van der Waals surface area (Å²) in [6.45, 7) is 6.80. The zero-order valence-electron chi connectivity index (χ0n) is 10.1. The quantitative estimate of drug-likeness (QED) is 0.854. The highest BCUT2D eigenvalue weighted by Crippen LogP contribution is 2.33. The molecule has 0 aliphatic rings. The number of rotatable bonds is 4. The first-order valence-corrected chi connectivity index (χ1v) is 6.01. The molecule has 0 aliphatic carbocycles. The second-order valence-electron chi connectivity index (χ2n) is 4.50. The Hall–Kier alpha value is -0.600. The zero-order valence-corrected chi connectivity index (χ0v) is 10.8. The van der Waals surface area contributed by atoms with Gasteiger partial charge in [-0.2, -0.15) is 0 Å². The van der Waals surface area contributed by atoms with Gasteiger partial charge in [0, 0.05) is 0 Å². The third-order valence-electron chi connectivity index (χ3n) is 3.06. The van der Waals surface area contributed by atoms with Gasteiger partial charge >= 0.3 is 0 Å². The van der Waals surface area contributed by atoms with Gasteiger partial charge in [0.2, 0.25) is 0 Å². The number of nitrogens with two attached hydrogens (primary N) is 1. The Morgan fingerprint density at radius 1 is 1.38 bits per heavy atom. The van der Waals surface area contributed by atoms with Crippen LogP contribution in [-0.4, -0.2) is 6.54 Å². The minimum absolute atomic E-state index is 0.236. The lowest BCUT2D eigenvalue weighted by Crippen LogP contribution is -2.14. The minimum Gasteiger partial charge on any atom is -0.330 e. The molecule has 3 heteroatoms. The van der Waals surface area contributed by atoms with E-state index < -0.39 is 0 Å². The lowest BCUT2D eigenvalue weighted by molar-refractivity contribution is 0.470. The molecule has 0 aromatic heterocycles. The maximum absolute atomic E-state index is 13.3. The van der Waals surface area contributed by atoms with Gasteiger partial charge in [0.05, 0.1) is 5.02 Å². The van der Waals surface area contributed by atoms with Gasteiger partial charge in [-0.05, 0) is 48.9 Å².